The Bertz CT molecular complexity index is 937. The van der Waals surface area contributed by atoms with Crippen LogP contribution in [0.15, 0.2) is 48.5 Å². The number of nitrogens with zero attached hydrogens (tertiary/aromatic N) is 4. The molecule has 0 spiro atoms. The third kappa shape index (κ3) is 3.79. The molecule has 0 radical (unpaired) electrons. The van der Waals surface area contributed by atoms with Crippen LogP contribution in [0.5, 0.6) is 0 Å². The van der Waals surface area contributed by atoms with Crippen molar-refractivity contribution < 1.29 is 9.18 Å². The van der Waals surface area contributed by atoms with Crippen LogP contribution < -0.4 is 4.90 Å². The fraction of sp³-hybridized carbons (Fsp3) is 0.211. The Labute approximate surface area is 165 Å². The van der Waals surface area contributed by atoms with Gasteiger partial charge in [-0.3, -0.25) is 4.79 Å². The molecule has 5 nitrogen and oxygen atoms in total. The molecule has 1 amide bonds. The van der Waals surface area contributed by atoms with Crippen LogP contribution in [0.25, 0.3) is 11.3 Å². The molecule has 2 heterocycles. The highest BCUT2D eigenvalue weighted by atomic mass is 35.5. The van der Waals surface area contributed by atoms with Gasteiger partial charge >= 0.3 is 0 Å². The predicted molar refractivity (Wildman–Crippen MR) is 105 cm³/mol. The molecule has 1 saturated heterocycles. The monoisotopic (exact) mass is 402 g/mol. The molecule has 0 N–H and O–H groups in total. The van der Waals surface area contributed by atoms with E-state index in [9.17, 15) is 9.18 Å². The molecule has 4 rings (SSSR count). The molecule has 1 fully saturated rings. The second-order valence-electron chi connectivity index (χ2n) is 6.21. The van der Waals surface area contributed by atoms with Crippen molar-refractivity contribution in [3.8, 4) is 11.3 Å². The van der Waals surface area contributed by atoms with Gasteiger partial charge in [0.15, 0.2) is 0 Å². The number of hydrogen-bond donors (Lipinski definition) is 0. The maximum absolute atomic E-state index is 13.1. The molecule has 3 aromatic rings. The van der Waals surface area contributed by atoms with Gasteiger partial charge in [-0.2, -0.15) is 0 Å². The lowest BCUT2D eigenvalue weighted by Gasteiger charge is -2.36. The van der Waals surface area contributed by atoms with Gasteiger partial charge in [0.05, 0.1) is 0 Å². The molecular formula is C19H16ClFN4OS. The van der Waals surface area contributed by atoms with Gasteiger partial charge in [0.25, 0.3) is 5.91 Å². The minimum Gasteiger partial charge on any atom is -0.368 e. The second-order valence-corrected chi connectivity index (χ2v) is 7.40. The minimum atomic E-state index is -0.250. The van der Waals surface area contributed by atoms with Crippen molar-refractivity contribution in [2.75, 3.05) is 31.1 Å². The standard InChI is InChI=1S/C19H16ClFN4OS/c20-14-3-1-13(2-4-14)17-18(27-23-22-17)19(26)25-11-9-24(10-12-25)16-7-5-15(21)6-8-16/h1-8H,9-12H2. The summed E-state index contributed by atoms with van der Waals surface area (Å²) < 4.78 is 17.1. The van der Waals surface area contributed by atoms with Crippen molar-refractivity contribution in [3.63, 3.8) is 0 Å². The molecule has 27 heavy (non-hydrogen) atoms. The highest BCUT2D eigenvalue weighted by Gasteiger charge is 2.26. The van der Waals surface area contributed by atoms with E-state index in [0.717, 1.165) is 22.8 Å². The summed E-state index contributed by atoms with van der Waals surface area (Å²) >= 11 is 7.04. The summed E-state index contributed by atoms with van der Waals surface area (Å²) in [5.41, 5.74) is 2.37. The molecule has 8 heteroatoms. The first-order valence-electron chi connectivity index (χ1n) is 8.50. The first kappa shape index (κ1) is 17.9. The average molecular weight is 403 g/mol. The molecule has 2 aromatic carbocycles. The van der Waals surface area contributed by atoms with Gasteiger partial charge in [-0.15, -0.1) is 5.10 Å². The lowest BCUT2D eigenvalue weighted by Crippen LogP contribution is -2.48. The summed E-state index contributed by atoms with van der Waals surface area (Å²) in [5.74, 6) is -0.311. The summed E-state index contributed by atoms with van der Waals surface area (Å²) in [6, 6.07) is 13.6. The van der Waals surface area contributed by atoms with Gasteiger partial charge in [0.2, 0.25) is 0 Å². The summed E-state index contributed by atoms with van der Waals surface area (Å²) in [5, 5.41) is 4.77. The van der Waals surface area contributed by atoms with Crippen molar-refractivity contribution in [2.24, 2.45) is 0 Å². The molecular weight excluding hydrogens is 387 g/mol. The molecule has 0 saturated carbocycles. The molecule has 1 aromatic heterocycles. The lowest BCUT2D eigenvalue weighted by molar-refractivity contribution is 0.0752. The third-order valence-corrected chi connectivity index (χ3v) is 5.52. The molecule has 1 aliphatic heterocycles. The predicted octanol–water partition coefficient (Wildman–Crippen LogP) is 3.96. The lowest BCUT2D eigenvalue weighted by atomic mass is 10.1. The summed E-state index contributed by atoms with van der Waals surface area (Å²) in [6.07, 6.45) is 0. The SMILES string of the molecule is O=C(c1snnc1-c1ccc(Cl)cc1)N1CCN(c2ccc(F)cc2)CC1. The van der Waals surface area contributed by atoms with Crippen LogP contribution in [0.1, 0.15) is 9.67 Å². The van der Waals surface area contributed by atoms with Gasteiger partial charge in [0.1, 0.15) is 16.4 Å². The van der Waals surface area contributed by atoms with Crippen LogP contribution in [0, 0.1) is 5.82 Å². The minimum absolute atomic E-state index is 0.0614. The highest BCUT2D eigenvalue weighted by molar-refractivity contribution is 7.08. The maximum atomic E-state index is 13.1. The number of piperazine rings is 1. The van der Waals surface area contributed by atoms with Crippen LogP contribution >= 0.6 is 23.1 Å². The van der Waals surface area contributed by atoms with Crippen molar-refractivity contribution in [2.45, 2.75) is 0 Å². The van der Waals surface area contributed by atoms with Gasteiger partial charge in [-0.25, -0.2) is 4.39 Å². The van der Waals surface area contributed by atoms with E-state index in [1.54, 1.807) is 24.3 Å². The third-order valence-electron chi connectivity index (χ3n) is 4.56. The van der Waals surface area contributed by atoms with Crippen molar-refractivity contribution in [1.29, 1.82) is 0 Å². The van der Waals surface area contributed by atoms with Crippen molar-refractivity contribution in [3.05, 3.63) is 64.2 Å². The molecule has 0 aliphatic carbocycles. The Morgan fingerprint density at radius 2 is 1.67 bits per heavy atom. The van der Waals surface area contributed by atoms with Crippen LogP contribution in [-0.2, 0) is 0 Å². The summed E-state index contributed by atoms with van der Waals surface area (Å²) in [4.78, 5) is 17.5. The summed E-state index contributed by atoms with van der Waals surface area (Å²) in [6.45, 7) is 2.57. The Morgan fingerprint density at radius 3 is 2.33 bits per heavy atom. The van der Waals surface area contributed by atoms with Crippen molar-refractivity contribution in [1.82, 2.24) is 14.5 Å². The number of carbonyl (C=O) groups is 1. The fourth-order valence-corrected chi connectivity index (χ4v) is 3.87. The Morgan fingerprint density at radius 1 is 1.00 bits per heavy atom. The number of anilines is 1. The highest BCUT2D eigenvalue weighted by Crippen LogP contribution is 2.27. The topological polar surface area (TPSA) is 49.3 Å². The molecule has 0 unspecified atom stereocenters. The molecule has 0 bridgehead atoms. The maximum Gasteiger partial charge on any atom is 0.268 e. The van der Waals surface area contributed by atoms with Gasteiger partial charge in [0, 0.05) is 42.5 Å². The number of hydrogen-bond acceptors (Lipinski definition) is 5. The molecule has 1 aliphatic rings. The number of halogens is 2. The van der Waals surface area contributed by atoms with Gasteiger partial charge in [-0.1, -0.05) is 28.2 Å². The van der Waals surface area contributed by atoms with Crippen LogP contribution in [0.3, 0.4) is 0 Å². The zero-order valence-electron chi connectivity index (χ0n) is 14.3. The van der Waals surface area contributed by atoms with E-state index >= 15 is 0 Å². The quantitative estimate of drug-likeness (QED) is 0.665. The van der Waals surface area contributed by atoms with Gasteiger partial charge < -0.3 is 9.80 Å². The van der Waals surface area contributed by atoms with Gasteiger partial charge in [-0.05, 0) is 47.9 Å². The molecule has 138 valence electrons. The summed E-state index contributed by atoms with van der Waals surface area (Å²) in [7, 11) is 0. The van der Waals surface area contributed by atoms with Crippen LogP contribution in [-0.4, -0.2) is 46.6 Å². The first-order valence-corrected chi connectivity index (χ1v) is 9.65. The van der Waals surface area contributed by atoms with Crippen LogP contribution in [0.2, 0.25) is 5.02 Å². The van der Waals surface area contributed by atoms with E-state index in [0.29, 0.717) is 41.8 Å². The Balaban J connectivity index is 1.46. The zero-order chi connectivity index (χ0) is 18.8. The van der Waals surface area contributed by atoms with E-state index in [4.69, 9.17) is 11.6 Å². The number of amides is 1. The number of rotatable bonds is 3. The second kappa shape index (κ2) is 7.62. The smallest absolute Gasteiger partial charge is 0.268 e. The van der Waals surface area contributed by atoms with E-state index < -0.39 is 0 Å². The number of benzene rings is 2. The first-order chi connectivity index (χ1) is 13.1. The number of aromatic nitrogens is 2. The largest absolute Gasteiger partial charge is 0.368 e. The van der Waals surface area contributed by atoms with E-state index in [2.05, 4.69) is 14.5 Å². The molecule has 0 atom stereocenters. The van der Waals surface area contributed by atoms with Crippen molar-refractivity contribution >= 4 is 34.7 Å². The fourth-order valence-electron chi connectivity index (χ4n) is 3.09. The zero-order valence-corrected chi connectivity index (χ0v) is 15.9. The van der Waals surface area contributed by atoms with E-state index in [1.807, 2.05) is 17.0 Å². The Kier molecular flexibility index (Phi) is 5.05. The van der Waals surface area contributed by atoms with Crippen LogP contribution in [0.4, 0.5) is 10.1 Å². The average Bonchev–Trinajstić information content (AvgIpc) is 3.18. The normalized spacial score (nSPS) is 14.4. The van der Waals surface area contributed by atoms with E-state index in [-0.39, 0.29) is 11.7 Å². The number of carbonyl (C=O) groups excluding carboxylic acids is 1. The Hall–Kier alpha value is -2.51. The van der Waals surface area contributed by atoms with E-state index in [1.165, 1.54) is 12.1 Å².